The van der Waals surface area contributed by atoms with Crippen molar-refractivity contribution < 1.29 is 23.9 Å². The van der Waals surface area contributed by atoms with Crippen molar-refractivity contribution in [2.75, 3.05) is 13.2 Å². The summed E-state index contributed by atoms with van der Waals surface area (Å²) in [7, 11) is 0. The zero-order valence-corrected chi connectivity index (χ0v) is 18.8. The second kappa shape index (κ2) is 13.1. The van der Waals surface area contributed by atoms with Crippen LogP contribution in [0.1, 0.15) is 29.3 Å². The molecule has 0 aliphatic rings. The van der Waals surface area contributed by atoms with E-state index in [2.05, 4.69) is 16.2 Å². The number of ether oxygens (including phenoxy) is 2. The van der Waals surface area contributed by atoms with Crippen LogP contribution in [0.3, 0.4) is 0 Å². The van der Waals surface area contributed by atoms with Gasteiger partial charge in [0.15, 0.2) is 11.7 Å². The Morgan fingerprint density at radius 1 is 1.06 bits per heavy atom. The zero-order valence-electron chi connectivity index (χ0n) is 17.2. The molecular weight excluding hydrogens is 454 g/mol. The summed E-state index contributed by atoms with van der Waals surface area (Å²) >= 11 is 11.0. The predicted molar refractivity (Wildman–Crippen MR) is 125 cm³/mol. The SMILES string of the molecule is CCCOC(=O)c1ccc(OCC(=O)NNC(=S)NC(=O)C=Cc2ccccc2Cl)cc1. The van der Waals surface area contributed by atoms with Gasteiger partial charge >= 0.3 is 5.97 Å². The van der Waals surface area contributed by atoms with Gasteiger partial charge in [-0.05, 0) is 60.6 Å². The molecule has 0 heterocycles. The van der Waals surface area contributed by atoms with Crippen LogP contribution in [0.25, 0.3) is 6.08 Å². The van der Waals surface area contributed by atoms with Crippen molar-refractivity contribution in [2.24, 2.45) is 0 Å². The van der Waals surface area contributed by atoms with Gasteiger partial charge in [-0.1, -0.05) is 36.7 Å². The molecule has 2 rings (SSSR count). The summed E-state index contributed by atoms with van der Waals surface area (Å²) in [4.78, 5) is 35.5. The summed E-state index contributed by atoms with van der Waals surface area (Å²) in [6.07, 6.45) is 3.55. The quantitative estimate of drug-likeness (QED) is 0.233. The Hall–Kier alpha value is -3.43. The fourth-order valence-electron chi connectivity index (χ4n) is 2.24. The summed E-state index contributed by atoms with van der Waals surface area (Å²) in [6.45, 7) is 1.95. The van der Waals surface area contributed by atoms with E-state index in [9.17, 15) is 14.4 Å². The Labute approximate surface area is 195 Å². The van der Waals surface area contributed by atoms with Crippen molar-refractivity contribution in [1.82, 2.24) is 16.2 Å². The Morgan fingerprint density at radius 3 is 2.47 bits per heavy atom. The van der Waals surface area contributed by atoms with E-state index in [0.29, 0.717) is 28.5 Å². The summed E-state index contributed by atoms with van der Waals surface area (Å²) in [6, 6.07) is 13.2. The monoisotopic (exact) mass is 475 g/mol. The number of hydrazine groups is 1. The highest BCUT2D eigenvalue weighted by atomic mass is 35.5. The fourth-order valence-corrected chi connectivity index (χ4v) is 2.59. The Kier molecular flexibility index (Phi) is 10.2. The van der Waals surface area contributed by atoms with Gasteiger partial charge in [0.25, 0.3) is 5.91 Å². The Morgan fingerprint density at radius 2 is 1.78 bits per heavy atom. The van der Waals surface area contributed by atoms with E-state index in [0.717, 1.165) is 6.42 Å². The van der Waals surface area contributed by atoms with Crippen LogP contribution in [0, 0.1) is 0 Å². The van der Waals surface area contributed by atoms with E-state index in [1.54, 1.807) is 54.6 Å². The number of rotatable bonds is 8. The maximum absolute atomic E-state index is 11.9. The minimum Gasteiger partial charge on any atom is -0.484 e. The molecule has 0 spiro atoms. The van der Waals surface area contributed by atoms with Crippen molar-refractivity contribution in [3.63, 3.8) is 0 Å². The van der Waals surface area contributed by atoms with Gasteiger partial charge < -0.3 is 9.47 Å². The van der Waals surface area contributed by atoms with E-state index in [1.807, 2.05) is 6.92 Å². The van der Waals surface area contributed by atoms with Gasteiger partial charge in [0.1, 0.15) is 5.75 Å². The molecule has 2 aromatic carbocycles. The number of carbonyl (C=O) groups is 3. The van der Waals surface area contributed by atoms with Crippen LogP contribution in [0.2, 0.25) is 5.02 Å². The van der Waals surface area contributed by atoms with Crippen molar-refractivity contribution in [3.05, 3.63) is 70.8 Å². The number of halogens is 1. The summed E-state index contributed by atoms with van der Waals surface area (Å²) in [5, 5.41) is 2.80. The van der Waals surface area contributed by atoms with E-state index in [-0.39, 0.29) is 11.7 Å². The van der Waals surface area contributed by atoms with Gasteiger partial charge in [0, 0.05) is 11.1 Å². The lowest BCUT2D eigenvalue weighted by Gasteiger charge is -2.11. The summed E-state index contributed by atoms with van der Waals surface area (Å²) in [5.41, 5.74) is 5.78. The maximum atomic E-state index is 11.9. The van der Waals surface area contributed by atoms with Crippen molar-refractivity contribution in [3.8, 4) is 5.75 Å². The van der Waals surface area contributed by atoms with Crippen molar-refractivity contribution in [2.45, 2.75) is 13.3 Å². The first-order chi connectivity index (χ1) is 15.4. The lowest BCUT2D eigenvalue weighted by atomic mass is 10.2. The first-order valence-corrected chi connectivity index (χ1v) is 10.4. The predicted octanol–water partition coefficient (Wildman–Crippen LogP) is 3.02. The molecule has 10 heteroatoms. The molecule has 0 saturated carbocycles. The fraction of sp³-hybridized carbons (Fsp3) is 0.182. The van der Waals surface area contributed by atoms with Crippen LogP contribution in [0.5, 0.6) is 5.75 Å². The summed E-state index contributed by atoms with van der Waals surface area (Å²) < 4.78 is 10.4. The molecule has 8 nitrogen and oxygen atoms in total. The summed E-state index contributed by atoms with van der Waals surface area (Å²) in [5.74, 6) is -1.05. The largest absolute Gasteiger partial charge is 0.484 e. The average molecular weight is 476 g/mol. The molecule has 0 bridgehead atoms. The number of esters is 1. The molecule has 0 saturated heterocycles. The second-order valence-electron chi connectivity index (χ2n) is 6.30. The molecule has 3 N–H and O–H groups in total. The Bertz CT molecular complexity index is 995. The minimum atomic E-state index is -0.528. The van der Waals surface area contributed by atoms with Gasteiger partial charge in [-0.25, -0.2) is 4.79 Å². The zero-order chi connectivity index (χ0) is 23.3. The lowest BCUT2D eigenvalue weighted by Crippen LogP contribution is -2.49. The first kappa shape index (κ1) is 24.8. The van der Waals surface area contributed by atoms with Gasteiger partial charge in [-0.2, -0.15) is 0 Å². The topological polar surface area (TPSA) is 106 Å². The highest BCUT2D eigenvalue weighted by Gasteiger charge is 2.08. The average Bonchev–Trinajstić information content (AvgIpc) is 2.79. The van der Waals surface area contributed by atoms with Crippen LogP contribution < -0.4 is 20.9 Å². The van der Waals surface area contributed by atoms with Gasteiger partial charge in [0.2, 0.25) is 5.91 Å². The third kappa shape index (κ3) is 8.75. The van der Waals surface area contributed by atoms with E-state index >= 15 is 0 Å². The highest BCUT2D eigenvalue weighted by molar-refractivity contribution is 7.80. The first-order valence-electron chi connectivity index (χ1n) is 9.61. The molecule has 2 amide bonds. The number of hydrogen-bond acceptors (Lipinski definition) is 6. The second-order valence-corrected chi connectivity index (χ2v) is 7.11. The molecule has 0 unspecified atom stereocenters. The number of hydrogen-bond donors (Lipinski definition) is 3. The van der Waals surface area contributed by atoms with Crippen LogP contribution in [0.15, 0.2) is 54.6 Å². The van der Waals surface area contributed by atoms with Gasteiger partial charge in [-0.15, -0.1) is 0 Å². The maximum Gasteiger partial charge on any atom is 0.338 e. The third-order valence-corrected chi connectivity index (χ3v) is 4.32. The third-order valence-electron chi connectivity index (χ3n) is 3.77. The number of benzene rings is 2. The van der Waals surface area contributed by atoms with E-state index < -0.39 is 17.8 Å². The van der Waals surface area contributed by atoms with Crippen LogP contribution in [-0.2, 0) is 14.3 Å². The molecule has 32 heavy (non-hydrogen) atoms. The molecule has 0 fully saturated rings. The molecule has 168 valence electrons. The molecular formula is C22H22ClN3O5S. The Balaban J connectivity index is 1.70. The standard InChI is InChI=1S/C22H22ClN3O5S/c1-2-13-30-21(29)16-7-10-17(11-8-16)31-14-20(28)25-26-22(32)24-19(27)12-9-15-5-3-4-6-18(15)23/h3-12H,2,13-14H2,1H3,(H,25,28)(H2,24,26,27,32). The number of carbonyl (C=O) groups excluding carboxylic acids is 3. The van der Waals surface area contributed by atoms with Crippen LogP contribution >= 0.6 is 23.8 Å². The lowest BCUT2D eigenvalue weighted by molar-refractivity contribution is -0.123. The highest BCUT2D eigenvalue weighted by Crippen LogP contribution is 2.16. The molecule has 0 aliphatic heterocycles. The van der Waals surface area contributed by atoms with Crippen molar-refractivity contribution >= 4 is 52.8 Å². The van der Waals surface area contributed by atoms with Crippen LogP contribution in [0.4, 0.5) is 0 Å². The molecule has 2 aromatic rings. The van der Waals surface area contributed by atoms with E-state index in [4.69, 9.17) is 33.3 Å². The van der Waals surface area contributed by atoms with Crippen LogP contribution in [-0.4, -0.2) is 36.1 Å². The molecule has 0 radical (unpaired) electrons. The van der Waals surface area contributed by atoms with Crippen molar-refractivity contribution in [1.29, 1.82) is 0 Å². The smallest absolute Gasteiger partial charge is 0.338 e. The minimum absolute atomic E-state index is 0.0953. The molecule has 0 aromatic heterocycles. The van der Waals surface area contributed by atoms with Gasteiger partial charge in [0.05, 0.1) is 12.2 Å². The molecule has 0 atom stereocenters. The number of nitrogens with one attached hydrogen (secondary N) is 3. The number of thiocarbonyl (C=S) groups is 1. The number of amides is 2. The van der Waals surface area contributed by atoms with E-state index in [1.165, 1.54) is 6.08 Å². The normalized spacial score (nSPS) is 10.3. The molecule has 0 aliphatic carbocycles. The van der Waals surface area contributed by atoms with Gasteiger partial charge in [-0.3, -0.25) is 25.8 Å².